The fourth-order valence-electron chi connectivity index (χ4n) is 6.26. The Bertz CT molecular complexity index is 770. The van der Waals surface area contributed by atoms with Crippen LogP contribution in [0, 0.1) is 28.5 Å². The van der Waals surface area contributed by atoms with E-state index in [0.29, 0.717) is 30.6 Å². The van der Waals surface area contributed by atoms with Crippen molar-refractivity contribution in [1.82, 2.24) is 5.32 Å². The minimum atomic E-state index is -0.336. The van der Waals surface area contributed by atoms with Crippen LogP contribution in [0.5, 0.6) is 0 Å². The van der Waals surface area contributed by atoms with Crippen LogP contribution in [0.4, 0.5) is 4.39 Å². The van der Waals surface area contributed by atoms with Gasteiger partial charge in [-0.25, -0.2) is 4.39 Å². The molecule has 0 radical (unpaired) electrons. The summed E-state index contributed by atoms with van der Waals surface area (Å²) in [5, 5.41) is 3.77. The molecule has 1 aromatic carbocycles. The van der Waals surface area contributed by atoms with Gasteiger partial charge in [0.15, 0.2) is 0 Å². The number of nitrogens with one attached hydrogen (secondary N) is 1. The van der Waals surface area contributed by atoms with E-state index in [4.69, 9.17) is 21.1 Å². The van der Waals surface area contributed by atoms with Crippen molar-refractivity contribution in [3.8, 4) is 0 Å². The van der Waals surface area contributed by atoms with Crippen molar-refractivity contribution in [3.05, 3.63) is 34.6 Å². The molecule has 1 unspecified atom stereocenters. The average Bonchev–Trinajstić information content (AvgIpc) is 3.13. The van der Waals surface area contributed by atoms with E-state index in [1.54, 1.807) is 13.2 Å². The van der Waals surface area contributed by atoms with Gasteiger partial charge in [-0.05, 0) is 59.6 Å². The summed E-state index contributed by atoms with van der Waals surface area (Å²) in [7, 11) is 1.61. The quantitative estimate of drug-likeness (QED) is 0.778. The van der Waals surface area contributed by atoms with E-state index >= 15 is 0 Å². The van der Waals surface area contributed by atoms with Gasteiger partial charge in [0.05, 0.1) is 12.7 Å². The Hall–Kier alpha value is -1.17. The summed E-state index contributed by atoms with van der Waals surface area (Å²) < 4.78 is 24.8. The summed E-state index contributed by atoms with van der Waals surface area (Å²) in [6.45, 7) is 5.61. The van der Waals surface area contributed by atoms with Crippen molar-refractivity contribution in [2.45, 2.75) is 51.7 Å². The summed E-state index contributed by atoms with van der Waals surface area (Å²) in [4.78, 5) is 12.6. The second kappa shape index (κ2) is 7.26. The molecule has 1 aromatic rings. The lowest BCUT2D eigenvalue weighted by atomic mass is 9.59. The van der Waals surface area contributed by atoms with Crippen LogP contribution in [0.2, 0.25) is 5.02 Å². The first kappa shape index (κ1) is 20.1. The predicted octanol–water partition coefficient (Wildman–Crippen LogP) is 4.51. The maximum atomic E-state index is 13.6. The molecule has 2 aliphatic carbocycles. The number of ether oxygens (including phenoxy) is 2. The van der Waals surface area contributed by atoms with Gasteiger partial charge in [0.2, 0.25) is 5.91 Å². The third kappa shape index (κ3) is 3.06. The fraction of sp³-hybridized carbons (Fsp3) is 0.682. The molecule has 2 bridgehead atoms. The summed E-state index contributed by atoms with van der Waals surface area (Å²) in [6.07, 6.45) is 3.30. The Labute approximate surface area is 171 Å². The highest BCUT2D eigenvalue weighted by atomic mass is 35.5. The van der Waals surface area contributed by atoms with Gasteiger partial charge in [0, 0.05) is 31.2 Å². The molecule has 6 heteroatoms. The van der Waals surface area contributed by atoms with Crippen molar-refractivity contribution in [3.63, 3.8) is 0 Å². The Balaban J connectivity index is 1.65. The van der Waals surface area contributed by atoms with E-state index in [0.717, 1.165) is 24.8 Å². The molecule has 1 spiro atoms. The fourth-order valence-corrected chi connectivity index (χ4v) is 6.53. The molecule has 28 heavy (non-hydrogen) atoms. The minimum Gasteiger partial charge on any atom is -0.384 e. The lowest BCUT2D eigenvalue weighted by Gasteiger charge is -2.53. The molecular weight excluding hydrogens is 381 g/mol. The Morgan fingerprint density at radius 2 is 2.21 bits per heavy atom. The summed E-state index contributed by atoms with van der Waals surface area (Å²) in [6, 6.07) is 4.67. The van der Waals surface area contributed by atoms with Gasteiger partial charge < -0.3 is 14.8 Å². The molecule has 1 heterocycles. The number of carbonyl (C=O) groups excluding carboxylic acids is 1. The number of methoxy groups -OCH3 is 1. The van der Waals surface area contributed by atoms with Crippen LogP contribution in [-0.4, -0.2) is 32.3 Å². The summed E-state index contributed by atoms with van der Waals surface area (Å²) in [5.41, 5.74) is 0.896. The molecular formula is C22H29ClFNO3. The Kier molecular flexibility index (Phi) is 5.22. The number of rotatable bonds is 5. The van der Waals surface area contributed by atoms with E-state index in [9.17, 15) is 9.18 Å². The largest absolute Gasteiger partial charge is 0.384 e. The van der Waals surface area contributed by atoms with Crippen LogP contribution in [0.3, 0.4) is 0 Å². The van der Waals surface area contributed by atoms with E-state index in [-0.39, 0.29) is 40.6 Å². The van der Waals surface area contributed by atoms with Crippen LogP contribution in [0.25, 0.3) is 0 Å². The van der Waals surface area contributed by atoms with Crippen molar-refractivity contribution >= 4 is 17.5 Å². The van der Waals surface area contributed by atoms with Gasteiger partial charge in [-0.2, -0.15) is 0 Å². The maximum Gasteiger partial charge on any atom is 0.222 e. The first-order chi connectivity index (χ1) is 13.3. The van der Waals surface area contributed by atoms with Crippen molar-refractivity contribution in [2.24, 2.45) is 22.7 Å². The zero-order chi connectivity index (χ0) is 20.1. The maximum absolute atomic E-state index is 13.6. The molecule has 1 amide bonds. The summed E-state index contributed by atoms with van der Waals surface area (Å²) in [5.74, 6) is 0.503. The monoisotopic (exact) mass is 409 g/mol. The van der Waals surface area contributed by atoms with E-state index in [1.807, 2.05) is 0 Å². The normalized spacial score (nSPS) is 35.6. The molecule has 5 atom stereocenters. The van der Waals surface area contributed by atoms with Crippen LogP contribution in [0.15, 0.2) is 18.2 Å². The number of amides is 1. The number of fused-ring (bicyclic) bond motifs is 1. The lowest BCUT2D eigenvalue weighted by Crippen LogP contribution is -2.59. The van der Waals surface area contributed by atoms with Gasteiger partial charge in [0.1, 0.15) is 5.82 Å². The molecule has 4 nitrogen and oxygen atoms in total. The second-order valence-electron chi connectivity index (χ2n) is 9.25. The number of hydrogen-bond acceptors (Lipinski definition) is 3. The van der Waals surface area contributed by atoms with Crippen LogP contribution >= 0.6 is 11.6 Å². The molecule has 3 fully saturated rings. The zero-order valence-corrected chi connectivity index (χ0v) is 17.5. The standard InChI is InChI=1S/C22H29ClFNO3/c1-21(2)13-10-16-19(15-5-4-14(24)11-17(15)23)28-9-7-22(16,12-13)20(21)25-18(26)6-8-27-3/h4-5,11,13,16,19-20H,6-10,12H2,1-3H3,(H,25,26)/t13-,16-,19-,20+,22?/m1/s1. The Morgan fingerprint density at radius 1 is 1.43 bits per heavy atom. The van der Waals surface area contributed by atoms with Gasteiger partial charge in [0.25, 0.3) is 0 Å². The zero-order valence-electron chi connectivity index (χ0n) is 16.8. The molecule has 2 saturated carbocycles. The average molecular weight is 410 g/mol. The van der Waals surface area contributed by atoms with Crippen molar-refractivity contribution in [2.75, 3.05) is 20.3 Å². The number of halogens is 2. The smallest absolute Gasteiger partial charge is 0.222 e. The van der Waals surface area contributed by atoms with Gasteiger partial charge >= 0.3 is 0 Å². The highest BCUT2D eigenvalue weighted by Crippen LogP contribution is 2.70. The van der Waals surface area contributed by atoms with Gasteiger partial charge in [-0.1, -0.05) is 31.5 Å². The Morgan fingerprint density at radius 3 is 2.93 bits per heavy atom. The van der Waals surface area contributed by atoms with E-state index in [2.05, 4.69) is 19.2 Å². The molecule has 1 aliphatic heterocycles. The highest BCUT2D eigenvalue weighted by Gasteiger charge is 2.68. The van der Waals surface area contributed by atoms with E-state index in [1.165, 1.54) is 12.1 Å². The van der Waals surface area contributed by atoms with Crippen molar-refractivity contribution < 1.29 is 18.7 Å². The number of hydrogen-bond donors (Lipinski definition) is 1. The molecule has 4 rings (SSSR count). The molecule has 154 valence electrons. The van der Waals surface area contributed by atoms with Crippen molar-refractivity contribution in [1.29, 1.82) is 0 Å². The van der Waals surface area contributed by atoms with E-state index < -0.39 is 0 Å². The first-order valence-corrected chi connectivity index (χ1v) is 10.5. The number of carbonyl (C=O) groups is 1. The van der Waals surface area contributed by atoms with Gasteiger partial charge in [-0.3, -0.25) is 4.79 Å². The lowest BCUT2D eigenvalue weighted by molar-refractivity contribution is -0.137. The molecule has 3 aliphatic rings. The SMILES string of the molecule is COCCC(=O)N[C@H]1C(C)(C)[C@@H]2C[C@@H]3[C@@H](c4ccc(F)cc4Cl)OCCC31C2. The van der Waals surface area contributed by atoms with Crippen LogP contribution in [0.1, 0.15) is 51.2 Å². The number of benzene rings is 1. The first-order valence-electron chi connectivity index (χ1n) is 10.1. The molecule has 0 aromatic heterocycles. The molecule has 1 saturated heterocycles. The third-order valence-electron chi connectivity index (χ3n) is 7.61. The summed E-state index contributed by atoms with van der Waals surface area (Å²) >= 11 is 6.38. The topological polar surface area (TPSA) is 47.6 Å². The third-order valence-corrected chi connectivity index (χ3v) is 7.94. The highest BCUT2D eigenvalue weighted by molar-refractivity contribution is 6.31. The van der Waals surface area contributed by atoms with Gasteiger partial charge in [-0.15, -0.1) is 0 Å². The van der Waals surface area contributed by atoms with Crippen LogP contribution in [-0.2, 0) is 14.3 Å². The minimum absolute atomic E-state index is 0.00245. The second-order valence-corrected chi connectivity index (χ2v) is 9.66. The molecule has 1 N–H and O–H groups in total. The van der Waals surface area contributed by atoms with Crippen LogP contribution < -0.4 is 5.32 Å². The predicted molar refractivity (Wildman–Crippen MR) is 106 cm³/mol.